The Morgan fingerprint density at radius 3 is 1.00 bits per heavy atom. The zero-order chi connectivity index (χ0) is 42.0. The Morgan fingerprint density at radius 2 is 0.750 bits per heavy atom. The van der Waals surface area contributed by atoms with Gasteiger partial charge >= 0.3 is 0 Å². The number of hydrogen-bond donors (Lipinski definition) is 0. The highest BCUT2D eigenvalue weighted by atomic mass is 14.0. The van der Waals surface area contributed by atoms with Gasteiger partial charge in [0.15, 0.2) is 0 Å². The summed E-state index contributed by atoms with van der Waals surface area (Å²) in [6, 6.07) is 0. The first-order chi connectivity index (χ1) is 20.8. The van der Waals surface area contributed by atoms with Crippen LogP contribution < -0.4 is 0 Å². The highest BCUT2D eigenvalue weighted by molar-refractivity contribution is 4.48. The molecule has 16 heavy (non-hydrogen) atoms. The van der Waals surface area contributed by atoms with Crippen LogP contribution in [0.2, 0.25) is 0 Å². The quantitative estimate of drug-likeness (QED) is 0.355. The van der Waals surface area contributed by atoms with Gasteiger partial charge in [-0.3, -0.25) is 0 Å². The molecule has 0 bridgehead atoms. The largest absolute Gasteiger partial charge is 0.0654 e. The Balaban J connectivity index is 7.70. The summed E-state index contributed by atoms with van der Waals surface area (Å²) in [6.45, 7) is -8.22. The summed E-state index contributed by atoms with van der Waals surface area (Å²) in [6.07, 6.45) is -68.3. The molecule has 0 rings (SSSR count). The molecular weight excluding hydrogens is 192 g/mol. The van der Waals surface area contributed by atoms with Crippen molar-refractivity contribution in [1.82, 2.24) is 0 Å². The molecule has 98 valence electrons. The first-order valence-electron chi connectivity index (χ1n) is 20.8. The SMILES string of the molecule is [2H]C([2H])([2H])C([2H])([2H])C([2H])([2H])C([2H])([2H])C([2H])([2H])C([2H])([2H])C([2H])([2H])C([2H])([2H])C([2H])([2H])C([2H])([2H])C([2H])([2H])C([2H])([2H])C([2H])([2H])C([2H])([2H])C([2H])([2H])C([2H])([2H])[2H]. The molecule has 0 radical (unpaired) electrons. The Kier molecular flexibility index (Phi) is 1.41. The smallest absolute Gasteiger partial charge is 0.0267 e. The fourth-order valence-electron chi connectivity index (χ4n) is 0.375. The lowest BCUT2D eigenvalue weighted by molar-refractivity contribution is 0.538. The molecule has 0 saturated heterocycles. The maximum atomic E-state index is 8.15. The predicted octanol–water partition coefficient (Wildman–Crippen LogP) is 6.49. The van der Waals surface area contributed by atoms with Gasteiger partial charge in [0, 0.05) is 46.6 Å². The lowest BCUT2D eigenvalue weighted by atomic mass is 10.0. The fourth-order valence-corrected chi connectivity index (χ4v) is 0.375. The maximum absolute atomic E-state index is 8.15. The number of rotatable bonds is 13. The average molecular weight is 261 g/mol. The lowest BCUT2D eigenvalue weighted by Crippen LogP contribution is -1.82. The van der Waals surface area contributed by atoms with E-state index < -0.39 is 103 Å². The average Bonchev–Trinajstić information content (AvgIpc) is 2.85. The van der Waals surface area contributed by atoms with Crippen molar-refractivity contribution in [2.75, 3.05) is 0 Å². The van der Waals surface area contributed by atoms with Crippen molar-refractivity contribution in [1.29, 1.82) is 0 Å². The minimum atomic E-state index is -5.13. The van der Waals surface area contributed by atoms with Gasteiger partial charge in [-0.2, -0.15) is 0 Å². The van der Waals surface area contributed by atoms with E-state index in [-0.39, 0.29) is 0 Å². The van der Waals surface area contributed by atoms with E-state index in [9.17, 15) is 0 Å². The molecule has 0 unspecified atom stereocenters. The summed E-state index contributed by atoms with van der Waals surface area (Å²) in [4.78, 5) is 0. The summed E-state index contributed by atoms with van der Waals surface area (Å²) < 4.78 is 267. The second-order valence-electron chi connectivity index (χ2n) is 1.75. The van der Waals surface area contributed by atoms with E-state index in [2.05, 4.69) is 0 Å². The van der Waals surface area contributed by atoms with E-state index in [1.165, 1.54) is 0 Å². The maximum Gasteiger partial charge on any atom is 0.0267 e. The molecule has 0 atom stereocenters. The topological polar surface area (TPSA) is 0 Å². The third-order valence-electron chi connectivity index (χ3n) is 0.812. The van der Waals surface area contributed by atoms with E-state index in [1.54, 1.807) is 0 Å². The van der Waals surface area contributed by atoms with Crippen molar-refractivity contribution < 1.29 is 46.6 Å². The standard InChI is InChI=1S/C16H34/c1-3-5-7-9-11-13-15-16-14-12-10-8-6-4-2/h3-16H2,1-2H3/i1D3,2D3,3D2,4D2,5D2,6D2,7D2,8D2,9D2,10D2,11D2,12D2,13D2,14D2,15D2,16D2. The van der Waals surface area contributed by atoms with Crippen LogP contribution in [-0.2, 0) is 0 Å². The molecule has 0 spiro atoms. The van der Waals surface area contributed by atoms with Gasteiger partial charge in [0.1, 0.15) is 0 Å². The van der Waals surface area contributed by atoms with Crippen molar-refractivity contribution >= 4 is 0 Å². The van der Waals surface area contributed by atoms with Crippen LogP contribution in [0, 0.1) is 0 Å². The second-order valence-corrected chi connectivity index (χ2v) is 1.75. The molecule has 0 aromatic heterocycles. The van der Waals surface area contributed by atoms with E-state index in [4.69, 9.17) is 46.6 Å². The van der Waals surface area contributed by atoms with Crippen LogP contribution in [0.15, 0.2) is 0 Å². The van der Waals surface area contributed by atoms with Gasteiger partial charge in [0.25, 0.3) is 0 Å². The Bertz CT molecular complexity index is 1140. The van der Waals surface area contributed by atoms with Gasteiger partial charge in [-0.25, -0.2) is 0 Å². The van der Waals surface area contributed by atoms with Crippen molar-refractivity contribution in [3.05, 3.63) is 0 Å². The van der Waals surface area contributed by atoms with Gasteiger partial charge in [-0.15, -0.1) is 0 Å². The molecule has 0 N–H and O–H groups in total. The van der Waals surface area contributed by atoms with Gasteiger partial charge in [0.2, 0.25) is 0 Å². The molecule has 0 aliphatic carbocycles. The van der Waals surface area contributed by atoms with Crippen molar-refractivity contribution in [2.45, 2.75) is 103 Å². The van der Waals surface area contributed by atoms with Crippen LogP contribution in [-0.4, -0.2) is 0 Å². The molecule has 0 amide bonds. The molecule has 0 aromatic carbocycles. The van der Waals surface area contributed by atoms with Crippen LogP contribution in [0.1, 0.15) is 150 Å². The third kappa shape index (κ3) is 14.0. The van der Waals surface area contributed by atoms with Gasteiger partial charge in [-0.1, -0.05) is 103 Å². The molecule has 0 aromatic rings. The van der Waals surface area contributed by atoms with Crippen LogP contribution >= 0.6 is 0 Å². The lowest BCUT2D eigenvalue weighted by Gasteiger charge is -2.02. The van der Waals surface area contributed by atoms with E-state index in [1.807, 2.05) is 0 Å². The Labute approximate surface area is 152 Å². The van der Waals surface area contributed by atoms with Crippen molar-refractivity contribution in [2.24, 2.45) is 0 Å². The Morgan fingerprint density at radius 1 is 0.500 bits per heavy atom. The molecular formula is C16H34. The van der Waals surface area contributed by atoms with E-state index in [0.29, 0.717) is 0 Å². The molecule has 0 fully saturated rings. The van der Waals surface area contributed by atoms with Crippen LogP contribution in [0.5, 0.6) is 0 Å². The highest BCUT2D eigenvalue weighted by Crippen LogP contribution is 2.12. The molecule has 0 saturated carbocycles. The molecule has 0 heteroatoms. The van der Waals surface area contributed by atoms with Crippen molar-refractivity contribution in [3.63, 3.8) is 0 Å². The summed E-state index contributed by atoms with van der Waals surface area (Å²) >= 11 is 0. The van der Waals surface area contributed by atoms with E-state index in [0.717, 1.165) is 0 Å². The first kappa shape index (κ1) is 1.50. The van der Waals surface area contributed by atoms with Crippen LogP contribution in [0.3, 0.4) is 0 Å². The zero-order valence-electron chi connectivity index (χ0n) is 42.0. The van der Waals surface area contributed by atoms with E-state index >= 15 is 0 Å². The minimum Gasteiger partial charge on any atom is -0.0654 e. The predicted molar refractivity (Wildman–Crippen MR) is 76.0 cm³/mol. The zero-order valence-corrected chi connectivity index (χ0v) is 8.00. The molecule has 0 heterocycles. The second kappa shape index (κ2) is 15.0. The fraction of sp³-hybridized carbons (Fsp3) is 1.00. The normalized spacial score (nSPS) is 56.5. The summed E-state index contributed by atoms with van der Waals surface area (Å²) in [7, 11) is 0. The van der Waals surface area contributed by atoms with Gasteiger partial charge in [-0.05, 0) is 0 Å². The van der Waals surface area contributed by atoms with Crippen molar-refractivity contribution in [3.8, 4) is 0 Å². The summed E-state index contributed by atoms with van der Waals surface area (Å²) in [5.74, 6) is 0. The summed E-state index contributed by atoms with van der Waals surface area (Å²) in [5.41, 5.74) is 0. The molecule has 0 nitrogen and oxygen atoms in total. The monoisotopic (exact) mass is 260 g/mol. The third-order valence-corrected chi connectivity index (χ3v) is 0.812. The molecule has 0 aliphatic rings. The molecule has 0 aliphatic heterocycles. The van der Waals surface area contributed by atoms with Crippen LogP contribution in [0.25, 0.3) is 0 Å². The van der Waals surface area contributed by atoms with Gasteiger partial charge in [0.05, 0.1) is 0 Å². The number of hydrogen-bond acceptors (Lipinski definition) is 0. The van der Waals surface area contributed by atoms with Crippen LogP contribution in [0.4, 0.5) is 0 Å². The Hall–Kier alpha value is 0. The summed E-state index contributed by atoms with van der Waals surface area (Å²) in [5, 5.41) is 0. The minimum absolute atomic E-state index is 4.11. The first-order valence-corrected chi connectivity index (χ1v) is 3.75. The highest BCUT2D eigenvalue weighted by Gasteiger charge is 1.92. The van der Waals surface area contributed by atoms with Gasteiger partial charge < -0.3 is 0 Å².